The first-order valence-corrected chi connectivity index (χ1v) is 9.79. The van der Waals surface area contributed by atoms with Gasteiger partial charge in [0.1, 0.15) is 22.4 Å². The topological polar surface area (TPSA) is 123 Å². The highest BCUT2D eigenvalue weighted by atomic mass is 19.1. The Morgan fingerprint density at radius 2 is 1.94 bits per heavy atom. The van der Waals surface area contributed by atoms with Crippen LogP contribution >= 0.6 is 0 Å². The number of ether oxygens (including phenoxy) is 1. The van der Waals surface area contributed by atoms with Crippen molar-refractivity contribution in [3.8, 4) is 11.5 Å². The fourth-order valence-electron chi connectivity index (χ4n) is 3.48. The summed E-state index contributed by atoms with van der Waals surface area (Å²) in [6, 6.07) is 5.81. The summed E-state index contributed by atoms with van der Waals surface area (Å²) >= 11 is 0. The summed E-state index contributed by atoms with van der Waals surface area (Å²) < 4.78 is 20.2. The quantitative estimate of drug-likeness (QED) is 0.555. The zero-order valence-electron chi connectivity index (χ0n) is 17.2. The van der Waals surface area contributed by atoms with Gasteiger partial charge in [0, 0.05) is 31.8 Å². The van der Waals surface area contributed by atoms with Gasteiger partial charge in [-0.1, -0.05) is 12.1 Å². The molecule has 0 spiro atoms. The van der Waals surface area contributed by atoms with E-state index in [1.54, 1.807) is 19.1 Å². The lowest BCUT2D eigenvalue weighted by atomic mass is 10.0. The highest BCUT2D eigenvalue weighted by molar-refractivity contribution is 6.04. The van der Waals surface area contributed by atoms with Gasteiger partial charge in [-0.25, -0.2) is 4.39 Å². The third-order valence-corrected chi connectivity index (χ3v) is 5.00. The predicted octanol–water partition coefficient (Wildman–Crippen LogP) is 1.52. The Kier molecular flexibility index (Phi) is 5.35. The van der Waals surface area contributed by atoms with Crippen LogP contribution in [0.2, 0.25) is 0 Å². The number of pyridine rings is 2. The lowest BCUT2D eigenvalue weighted by molar-refractivity contribution is -0.119. The maximum atomic E-state index is 13.3. The number of halogens is 1. The zero-order chi connectivity index (χ0) is 23.0. The Labute approximate surface area is 181 Å². The Hall–Kier alpha value is -4.21. The van der Waals surface area contributed by atoms with Crippen molar-refractivity contribution in [2.75, 3.05) is 13.6 Å². The Morgan fingerprint density at radius 3 is 2.59 bits per heavy atom. The fraction of sp³-hybridized carbons (Fsp3) is 0.182. The molecule has 3 aromatic rings. The molecule has 1 aliphatic heterocycles. The van der Waals surface area contributed by atoms with Crippen molar-refractivity contribution in [3.05, 3.63) is 69.1 Å². The molecule has 0 fully saturated rings. The van der Waals surface area contributed by atoms with Crippen LogP contribution in [-0.2, 0) is 11.2 Å². The molecule has 3 heterocycles. The van der Waals surface area contributed by atoms with Crippen LogP contribution in [-0.4, -0.2) is 40.1 Å². The Bertz CT molecular complexity index is 1350. The normalized spacial score (nSPS) is 12.2. The smallest absolute Gasteiger partial charge is 0.288 e. The van der Waals surface area contributed by atoms with Crippen LogP contribution < -0.4 is 20.9 Å². The Morgan fingerprint density at radius 1 is 1.22 bits per heavy atom. The second-order valence-corrected chi connectivity index (χ2v) is 7.05. The van der Waals surface area contributed by atoms with E-state index in [0.29, 0.717) is 12.1 Å². The molecule has 4 rings (SSSR count). The van der Waals surface area contributed by atoms with Crippen molar-refractivity contribution in [2.45, 2.75) is 13.3 Å². The molecule has 0 unspecified atom stereocenters. The number of nitrogens with zero attached hydrogens (tertiary/aromatic N) is 2. The molecule has 2 aromatic heterocycles. The van der Waals surface area contributed by atoms with Gasteiger partial charge in [0.15, 0.2) is 11.5 Å². The molecule has 0 radical (unpaired) electrons. The number of benzene rings is 1. The number of amides is 2. The monoisotopic (exact) mass is 438 g/mol. The number of hydrogen-bond acceptors (Lipinski definition) is 6. The molecule has 9 nitrogen and oxygen atoms in total. The molecule has 0 aliphatic carbocycles. The fourth-order valence-corrected chi connectivity index (χ4v) is 3.48. The van der Waals surface area contributed by atoms with E-state index in [4.69, 9.17) is 4.74 Å². The number of aromatic hydroxyl groups is 1. The van der Waals surface area contributed by atoms with E-state index < -0.39 is 28.7 Å². The van der Waals surface area contributed by atoms with Gasteiger partial charge in [-0.05, 0) is 24.6 Å². The molecule has 10 heteroatoms. The summed E-state index contributed by atoms with van der Waals surface area (Å²) in [7, 11) is 1.32. The number of aromatic nitrogens is 2. The Balaban J connectivity index is 1.98. The summed E-state index contributed by atoms with van der Waals surface area (Å²) in [6.07, 6.45) is 2.84. The van der Waals surface area contributed by atoms with Gasteiger partial charge in [0.25, 0.3) is 17.4 Å². The van der Waals surface area contributed by atoms with Gasteiger partial charge >= 0.3 is 0 Å². The third-order valence-electron chi connectivity index (χ3n) is 5.00. The molecular weight excluding hydrogens is 419 g/mol. The minimum absolute atomic E-state index is 0.0349. The molecule has 1 aliphatic rings. The van der Waals surface area contributed by atoms with E-state index in [0.717, 1.165) is 16.3 Å². The molecule has 1 aromatic carbocycles. The molecule has 164 valence electrons. The predicted molar refractivity (Wildman–Crippen MR) is 114 cm³/mol. The van der Waals surface area contributed by atoms with Gasteiger partial charge in [0.05, 0.1) is 6.20 Å². The second-order valence-electron chi connectivity index (χ2n) is 7.05. The van der Waals surface area contributed by atoms with Crippen molar-refractivity contribution in [2.24, 2.45) is 0 Å². The molecule has 32 heavy (non-hydrogen) atoms. The molecule has 0 saturated carbocycles. The van der Waals surface area contributed by atoms with E-state index in [2.05, 4.69) is 15.6 Å². The van der Waals surface area contributed by atoms with E-state index in [9.17, 15) is 23.9 Å². The molecule has 0 saturated heterocycles. The van der Waals surface area contributed by atoms with Crippen LogP contribution in [0.5, 0.6) is 11.5 Å². The molecule has 0 bridgehead atoms. The van der Waals surface area contributed by atoms with Crippen LogP contribution in [0.15, 0.2) is 41.0 Å². The first-order valence-electron chi connectivity index (χ1n) is 9.79. The average molecular weight is 438 g/mol. The number of carbonyl (C=O) groups excluding carboxylic acids is 2. The number of rotatable bonds is 5. The van der Waals surface area contributed by atoms with Crippen molar-refractivity contribution >= 4 is 29.0 Å². The third kappa shape index (κ3) is 3.45. The second kappa shape index (κ2) is 8.14. The lowest BCUT2D eigenvalue weighted by Gasteiger charge is -2.22. The zero-order valence-corrected chi connectivity index (χ0v) is 17.2. The van der Waals surface area contributed by atoms with Gasteiger partial charge in [-0.2, -0.15) is 0 Å². The number of carbonyl (C=O) groups is 2. The minimum Gasteiger partial charge on any atom is -0.505 e. The lowest BCUT2D eigenvalue weighted by Crippen LogP contribution is -2.34. The van der Waals surface area contributed by atoms with Gasteiger partial charge in [-0.15, -0.1) is 0 Å². The summed E-state index contributed by atoms with van der Waals surface area (Å²) in [4.78, 5) is 42.1. The SMILES string of the molecule is CCNC(=O)C1=Cn2c(=O)c(C(=O)NC)c(O)c3ncc(Cc4ccc(F)cc4)c(c32)O1. The highest BCUT2D eigenvalue weighted by Gasteiger charge is 2.30. The largest absolute Gasteiger partial charge is 0.505 e. The summed E-state index contributed by atoms with van der Waals surface area (Å²) in [5.41, 5.74) is -0.0134. The van der Waals surface area contributed by atoms with E-state index in [1.807, 2.05) is 0 Å². The summed E-state index contributed by atoms with van der Waals surface area (Å²) in [5.74, 6) is -2.35. The maximum absolute atomic E-state index is 13.3. The van der Waals surface area contributed by atoms with Crippen LogP contribution in [0, 0.1) is 5.82 Å². The minimum atomic E-state index is -0.832. The number of hydrogen-bond donors (Lipinski definition) is 3. The van der Waals surface area contributed by atoms with Crippen molar-refractivity contribution < 1.29 is 23.8 Å². The van der Waals surface area contributed by atoms with Crippen LogP contribution in [0.3, 0.4) is 0 Å². The van der Waals surface area contributed by atoms with Gasteiger partial charge in [0.2, 0.25) is 5.76 Å². The van der Waals surface area contributed by atoms with Crippen molar-refractivity contribution in [3.63, 3.8) is 0 Å². The highest BCUT2D eigenvalue weighted by Crippen LogP contribution is 2.38. The first-order chi connectivity index (χ1) is 15.3. The summed E-state index contributed by atoms with van der Waals surface area (Å²) in [6.45, 7) is 2.06. The van der Waals surface area contributed by atoms with E-state index in [-0.39, 0.29) is 34.8 Å². The van der Waals surface area contributed by atoms with Crippen molar-refractivity contribution in [1.29, 1.82) is 0 Å². The summed E-state index contributed by atoms with van der Waals surface area (Å²) in [5, 5.41) is 15.5. The number of likely N-dealkylation sites (N-methyl/N-ethyl adjacent to an activating group) is 1. The van der Waals surface area contributed by atoms with E-state index >= 15 is 0 Å². The molecule has 0 atom stereocenters. The standard InChI is InChI=1S/C22H19FN4O5/c1-3-25-20(29)14-10-27-17-16(18(28)15(22(27)31)21(30)24-2)26-9-12(19(17)32-14)8-11-4-6-13(23)7-5-11/h4-7,9-10,28H,3,8H2,1-2H3,(H,24,30)(H,25,29). The van der Waals surface area contributed by atoms with Gasteiger partial charge in [-0.3, -0.25) is 23.9 Å². The number of nitrogens with one attached hydrogen (secondary N) is 2. The first kappa shape index (κ1) is 21.0. The van der Waals surface area contributed by atoms with Gasteiger partial charge < -0.3 is 20.5 Å². The van der Waals surface area contributed by atoms with Crippen molar-refractivity contribution in [1.82, 2.24) is 20.2 Å². The maximum Gasteiger partial charge on any atom is 0.288 e. The average Bonchev–Trinajstić information content (AvgIpc) is 2.79. The van der Waals surface area contributed by atoms with Crippen LogP contribution in [0.25, 0.3) is 17.2 Å². The molecule has 3 N–H and O–H groups in total. The van der Waals surface area contributed by atoms with Crippen LogP contribution in [0.4, 0.5) is 4.39 Å². The van der Waals surface area contributed by atoms with Crippen LogP contribution in [0.1, 0.15) is 28.4 Å². The molecule has 2 amide bonds. The molecular formula is C22H19FN4O5. The van der Waals surface area contributed by atoms with E-state index in [1.165, 1.54) is 25.4 Å².